The Labute approximate surface area is 243 Å². The van der Waals surface area contributed by atoms with Crippen LogP contribution in [0.3, 0.4) is 0 Å². The second-order valence-electron chi connectivity index (χ2n) is 9.74. The first-order chi connectivity index (χ1) is 20.6. The van der Waals surface area contributed by atoms with E-state index in [1.807, 2.05) is 116 Å². The van der Waals surface area contributed by atoms with Crippen molar-refractivity contribution in [2.45, 2.75) is 26.2 Å². The lowest BCUT2D eigenvalue weighted by molar-refractivity contribution is -0.687. The summed E-state index contributed by atoms with van der Waals surface area (Å²) in [6.45, 7) is 1.81. The summed E-state index contributed by atoms with van der Waals surface area (Å²) < 4.78 is 7.65. The minimum absolute atomic E-state index is 0.165. The quantitative estimate of drug-likeness (QED) is 0.139. The van der Waals surface area contributed by atoms with Crippen molar-refractivity contribution in [2.24, 2.45) is 10.2 Å². The van der Waals surface area contributed by atoms with E-state index in [0.717, 1.165) is 24.2 Å². The fourth-order valence-corrected chi connectivity index (χ4v) is 4.27. The fraction of sp³-hybridized carbons (Fsp3) is 0.125. The van der Waals surface area contributed by atoms with Crippen molar-refractivity contribution >= 4 is 24.2 Å². The van der Waals surface area contributed by atoms with Crippen LogP contribution < -0.4 is 20.0 Å². The minimum atomic E-state index is -0.223. The summed E-state index contributed by atoms with van der Waals surface area (Å²) in [5, 5.41) is 8.11. The number of rotatable bonds is 12. The molecule has 0 aliphatic rings. The van der Waals surface area contributed by atoms with Crippen molar-refractivity contribution in [1.82, 2.24) is 20.0 Å². The second-order valence-corrected chi connectivity index (χ2v) is 9.74. The summed E-state index contributed by atoms with van der Waals surface area (Å²) in [5.74, 6) is -0.446. The number of amides is 2. The van der Waals surface area contributed by atoms with Crippen molar-refractivity contribution in [2.75, 3.05) is 0 Å². The summed E-state index contributed by atoms with van der Waals surface area (Å²) in [6.07, 6.45) is 14.5. The maximum Gasteiger partial charge on any atom is 0.282 e. The van der Waals surface area contributed by atoms with Gasteiger partial charge in [0.2, 0.25) is 12.7 Å². The molecular weight excluding hydrogens is 528 g/mol. The number of nitrogens with zero attached hydrogens (tertiary/aromatic N) is 6. The van der Waals surface area contributed by atoms with Crippen LogP contribution in [0.5, 0.6) is 0 Å². The predicted molar refractivity (Wildman–Crippen MR) is 158 cm³/mol. The molecule has 0 radical (unpaired) electrons. The normalized spacial score (nSPS) is 11.2. The van der Waals surface area contributed by atoms with Crippen LogP contribution in [0, 0.1) is 0 Å². The van der Waals surface area contributed by atoms with Crippen molar-refractivity contribution < 1.29 is 18.7 Å². The molecule has 0 bridgehead atoms. The molecule has 210 valence electrons. The molecule has 0 saturated carbocycles. The Morgan fingerprint density at radius 3 is 1.43 bits per heavy atom. The van der Waals surface area contributed by atoms with Gasteiger partial charge in [0.1, 0.15) is 37.9 Å². The predicted octanol–water partition coefficient (Wildman–Crippen LogP) is 2.26. The van der Waals surface area contributed by atoms with Crippen molar-refractivity contribution in [3.63, 3.8) is 0 Å². The van der Waals surface area contributed by atoms with Gasteiger partial charge in [0, 0.05) is 0 Å². The number of imidazole rings is 2. The minimum Gasteiger partial charge on any atom is -0.269 e. The van der Waals surface area contributed by atoms with Gasteiger partial charge in [0.25, 0.3) is 11.8 Å². The van der Waals surface area contributed by atoms with Gasteiger partial charge in [-0.1, -0.05) is 84.9 Å². The van der Waals surface area contributed by atoms with Crippen molar-refractivity contribution in [3.05, 3.63) is 145 Å². The smallest absolute Gasteiger partial charge is 0.269 e. The molecule has 10 nitrogen and oxygen atoms in total. The average Bonchev–Trinajstić information content (AvgIpc) is 3.63. The van der Waals surface area contributed by atoms with Gasteiger partial charge < -0.3 is 0 Å². The standard InChI is InChI=1S/C32H30N8O2/c41-31(23-39-17-15-37(25-39)21-29-7-3-1-4-8-29)35-33-19-27-11-13-28(14-12-27)20-34-36-32(42)24-40-18-16-38(26-40)22-30-9-5-2-6-10-30/h1-20,25-26H,21-24H2/p+2. The van der Waals surface area contributed by atoms with E-state index >= 15 is 0 Å². The topological polar surface area (TPSA) is 101 Å². The van der Waals surface area contributed by atoms with E-state index < -0.39 is 0 Å². The van der Waals surface area contributed by atoms with Crippen LogP contribution in [0.4, 0.5) is 0 Å². The third-order valence-corrected chi connectivity index (χ3v) is 6.30. The lowest BCUT2D eigenvalue weighted by Gasteiger charge is -1.99. The first-order valence-corrected chi connectivity index (χ1v) is 13.5. The number of benzene rings is 3. The van der Waals surface area contributed by atoms with Gasteiger partial charge in [-0.05, 0) is 22.3 Å². The highest BCUT2D eigenvalue weighted by Gasteiger charge is 2.10. The number of hydrogen-bond donors (Lipinski definition) is 2. The molecule has 0 saturated heterocycles. The van der Waals surface area contributed by atoms with E-state index in [9.17, 15) is 9.59 Å². The number of carbonyl (C=O) groups is 2. The van der Waals surface area contributed by atoms with Gasteiger partial charge in [-0.2, -0.15) is 10.2 Å². The zero-order chi connectivity index (χ0) is 29.0. The van der Waals surface area contributed by atoms with E-state index in [4.69, 9.17) is 0 Å². The Hall–Kier alpha value is -5.64. The number of carbonyl (C=O) groups excluding carboxylic acids is 2. The van der Waals surface area contributed by atoms with Gasteiger partial charge in [-0.25, -0.2) is 29.1 Å². The van der Waals surface area contributed by atoms with Gasteiger partial charge in [-0.15, -0.1) is 0 Å². The summed E-state index contributed by atoms with van der Waals surface area (Å²) >= 11 is 0. The van der Waals surface area contributed by atoms with Crippen LogP contribution in [0.25, 0.3) is 0 Å². The lowest BCUT2D eigenvalue weighted by atomic mass is 10.2. The van der Waals surface area contributed by atoms with Gasteiger partial charge >= 0.3 is 0 Å². The van der Waals surface area contributed by atoms with Crippen molar-refractivity contribution in [1.29, 1.82) is 0 Å². The number of aromatic nitrogens is 4. The molecule has 2 N–H and O–H groups in total. The molecule has 0 aliphatic carbocycles. The monoisotopic (exact) mass is 560 g/mol. The zero-order valence-electron chi connectivity index (χ0n) is 23.0. The van der Waals surface area contributed by atoms with Crippen LogP contribution in [-0.4, -0.2) is 33.4 Å². The van der Waals surface area contributed by atoms with E-state index in [2.05, 4.69) is 45.3 Å². The molecule has 0 atom stereocenters. The maximum absolute atomic E-state index is 12.3. The Kier molecular flexibility index (Phi) is 9.39. The van der Waals surface area contributed by atoms with E-state index in [0.29, 0.717) is 0 Å². The summed E-state index contributed by atoms with van der Waals surface area (Å²) in [4.78, 5) is 24.6. The molecule has 0 fully saturated rings. The first kappa shape index (κ1) is 27.9. The molecule has 5 rings (SSSR count). The molecule has 0 aliphatic heterocycles. The highest BCUT2D eigenvalue weighted by Crippen LogP contribution is 2.01. The Balaban J connectivity index is 1.02. The maximum atomic E-state index is 12.3. The zero-order valence-corrected chi connectivity index (χ0v) is 23.0. The average molecular weight is 561 g/mol. The van der Waals surface area contributed by atoms with Gasteiger partial charge in [0.05, 0.1) is 12.4 Å². The highest BCUT2D eigenvalue weighted by atomic mass is 16.2. The number of hydrazone groups is 2. The Bertz CT molecular complexity index is 1530. The Morgan fingerprint density at radius 2 is 1.02 bits per heavy atom. The van der Waals surface area contributed by atoms with Crippen LogP contribution in [-0.2, 0) is 35.8 Å². The number of hydrogen-bond acceptors (Lipinski definition) is 4. The molecular formula is C32H32N8O2+2. The molecule has 2 amide bonds. The lowest BCUT2D eigenvalue weighted by Crippen LogP contribution is -2.32. The molecule has 10 heteroatoms. The molecule has 42 heavy (non-hydrogen) atoms. The highest BCUT2D eigenvalue weighted by molar-refractivity contribution is 5.86. The largest absolute Gasteiger partial charge is 0.282 e. The SMILES string of the molecule is O=C(Cn1cc[n+](Cc2ccccc2)c1)NN=Cc1ccc(C=NNC(=O)Cn2cc[n+](Cc3ccccc3)c2)cc1. The second kappa shape index (κ2) is 14.1. The third kappa shape index (κ3) is 8.68. The van der Waals surface area contributed by atoms with Crippen LogP contribution in [0.2, 0.25) is 0 Å². The molecule has 0 unspecified atom stereocenters. The number of nitrogens with one attached hydrogen (secondary N) is 2. The molecule has 2 heterocycles. The summed E-state index contributed by atoms with van der Waals surface area (Å²) in [7, 11) is 0. The van der Waals surface area contributed by atoms with Gasteiger partial charge in [0.15, 0.2) is 13.1 Å². The first-order valence-electron chi connectivity index (χ1n) is 13.5. The van der Waals surface area contributed by atoms with E-state index in [-0.39, 0.29) is 24.9 Å². The van der Waals surface area contributed by atoms with Gasteiger partial charge in [-0.3, -0.25) is 9.59 Å². The van der Waals surface area contributed by atoms with E-state index in [1.54, 1.807) is 12.4 Å². The molecule has 2 aromatic heterocycles. The summed E-state index contributed by atoms with van der Waals surface area (Å²) in [5.41, 5.74) is 9.12. The van der Waals surface area contributed by atoms with Crippen LogP contribution in [0.15, 0.2) is 133 Å². The third-order valence-electron chi connectivity index (χ3n) is 6.30. The van der Waals surface area contributed by atoms with Crippen molar-refractivity contribution in [3.8, 4) is 0 Å². The molecule has 3 aromatic carbocycles. The summed E-state index contributed by atoms with van der Waals surface area (Å²) in [6, 6.07) is 27.7. The molecule has 5 aromatic rings. The fourth-order valence-electron chi connectivity index (χ4n) is 4.27. The van der Waals surface area contributed by atoms with E-state index in [1.165, 1.54) is 11.1 Å². The van der Waals surface area contributed by atoms with Crippen LogP contribution >= 0.6 is 0 Å². The van der Waals surface area contributed by atoms with Crippen LogP contribution in [0.1, 0.15) is 22.3 Å². The molecule has 0 spiro atoms. The Morgan fingerprint density at radius 1 is 0.619 bits per heavy atom.